The second-order valence-corrected chi connectivity index (χ2v) is 5.62. The van der Waals surface area contributed by atoms with Gasteiger partial charge in [-0.25, -0.2) is 14.4 Å². The van der Waals surface area contributed by atoms with Crippen LogP contribution in [0.3, 0.4) is 0 Å². The van der Waals surface area contributed by atoms with Crippen molar-refractivity contribution in [1.82, 2.24) is 9.97 Å². The molecule has 7 heteroatoms. The lowest BCUT2D eigenvalue weighted by Crippen LogP contribution is -2.36. The quantitative estimate of drug-likeness (QED) is 0.866. The first kappa shape index (κ1) is 17.3. The fourth-order valence-corrected chi connectivity index (χ4v) is 2.47. The molecule has 1 saturated heterocycles. The Morgan fingerprint density at radius 1 is 1.24 bits per heavy atom. The van der Waals surface area contributed by atoms with Crippen molar-refractivity contribution in [3.05, 3.63) is 48.4 Å². The van der Waals surface area contributed by atoms with E-state index in [-0.39, 0.29) is 13.2 Å². The van der Waals surface area contributed by atoms with Gasteiger partial charge in [0.25, 0.3) is 0 Å². The lowest BCUT2D eigenvalue weighted by Gasteiger charge is -2.27. The lowest BCUT2D eigenvalue weighted by molar-refractivity contribution is 0.122. The first-order valence-corrected chi connectivity index (χ1v) is 8.17. The number of hydrogen-bond donors (Lipinski definition) is 1. The number of halogens is 1. The maximum atomic E-state index is 12.5. The molecule has 132 valence electrons. The molecule has 2 heterocycles. The van der Waals surface area contributed by atoms with E-state index >= 15 is 0 Å². The molecule has 2 N–H and O–H groups in total. The van der Waals surface area contributed by atoms with Gasteiger partial charge in [0.2, 0.25) is 0 Å². The summed E-state index contributed by atoms with van der Waals surface area (Å²) in [5, 5.41) is 0. The van der Waals surface area contributed by atoms with Gasteiger partial charge >= 0.3 is 0 Å². The number of aromatic nitrogens is 2. The van der Waals surface area contributed by atoms with Gasteiger partial charge in [0.15, 0.2) is 5.82 Å². The van der Waals surface area contributed by atoms with E-state index < -0.39 is 0 Å². The van der Waals surface area contributed by atoms with Gasteiger partial charge in [0.05, 0.1) is 19.5 Å². The molecular formula is C18H21FN4O2. The number of rotatable bonds is 6. The highest BCUT2D eigenvalue weighted by molar-refractivity contribution is 5.58. The third-order valence-electron chi connectivity index (χ3n) is 3.93. The molecule has 25 heavy (non-hydrogen) atoms. The van der Waals surface area contributed by atoms with Gasteiger partial charge in [-0.2, -0.15) is 0 Å². The summed E-state index contributed by atoms with van der Waals surface area (Å²) in [6.45, 7) is 3.35. The molecule has 3 rings (SSSR count). The first-order chi connectivity index (χ1) is 12.3. The molecule has 1 aromatic carbocycles. The minimum atomic E-state index is 0.134. The molecule has 0 radical (unpaired) electrons. The number of hydrogen-bond acceptors (Lipinski definition) is 6. The van der Waals surface area contributed by atoms with E-state index in [1.165, 1.54) is 0 Å². The van der Waals surface area contributed by atoms with Crippen molar-refractivity contribution in [2.45, 2.75) is 0 Å². The van der Waals surface area contributed by atoms with Crippen LogP contribution >= 0.6 is 0 Å². The molecule has 0 unspecified atom stereocenters. The Kier molecular flexibility index (Phi) is 5.92. The Labute approximate surface area is 146 Å². The van der Waals surface area contributed by atoms with Crippen LogP contribution in [0.15, 0.2) is 48.4 Å². The Balaban J connectivity index is 1.69. The Morgan fingerprint density at radius 2 is 2.00 bits per heavy atom. The van der Waals surface area contributed by atoms with Crippen molar-refractivity contribution in [2.24, 2.45) is 5.73 Å². The van der Waals surface area contributed by atoms with E-state index in [4.69, 9.17) is 15.2 Å². The molecule has 0 saturated carbocycles. The fraction of sp³-hybridized carbons (Fsp3) is 0.333. The van der Waals surface area contributed by atoms with E-state index in [0.717, 1.165) is 24.5 Å². The van der Waals surface area contributed by atoms with Crippen LogP contribution in [0.25, 0.3) is 11.4 Å². The van der Waals surface area contributed by atoms with E-state index in [2.05, 4.69) is 14.9 Å². The summed E-state index contributed by atoms with van der Waals surface area (Å²) in [5.74, 6) is 2.19. The average molecular weight is 344 g/mol. The highest BCUT2D eigenvalue weighted by atomic mass is 19.1. The summed E-state index contributed by atoms with van der Waals surface area (Å²) in [5.41, 5.74) is 6.71. The minimum absolute atomic E-state index is 0.134. The Morgan fingerprint density at radius 3 is 2.68 bits per heavy atom. The molecule has 1 aliphatic heterocycles. The van der Waals surface area contributed by atoms with Gasteiger partial charge in [-0.05, 0) is 30.3 Å². The van der Waals surface area contributed by atoms with E-state index in [0.29, 0.717) is 36.7 Å². The number of benzene rings is 1. The standard InChI is InChI=1S/C18H21FN4O2/c19-11-14(12-20)13-25-16-3-1-15(2-4-16)18-21-6-5-17(22-18)23-7-9-24-10-8-23/h1-6,11H,7-10,12-13,20H2/b14-11-. The Bertz CT molecular complexity index is 715. The summed E-state index contributed by atoms with van der Waals surface area (Å²) in [7, 11) is 0. The highest BCUT2D eigenvalue weighted by Gasteiger charge is 2.13. The summed E-state index contributed by atoms with van der Waals surface area (Å²) >= 11 is 0. The number of nitrogens with zero attached hydrogens (tertiary/aromatic N) is 3. The summed E-state index contributed by atoms with van der Waals surface area (Å²) in [6, 6.07) is 9.30. The third-order valence-corrected chi connectivity index (χ3v) is 3.93. The molecule has 0 amide bonds. The van der Waals surface area contributed by atoms with Gasteiger partial charge in [-0.15, -0.1) is 0 Å². The SMILES string of the molecule is NC/C(=C/F)COc1ccc(-c2nccc(N3CCOCC3)n2)cc1. The lowest BCUT2D eigenvalue weighted by atomic mass is 10.2. The average Bonchev–Trinajstić information content (AvgIpc) is 2.70. The number of nitrogens with two attached hydrogens (primary N) is 1. The summed E-state index contributed by atoms with van der Waals surface area (Å²) < 4.78 is 23.4. The van der Waals surface area contributed by atoms with Crippen LogP contribution in [0.2, 0.25) is 0 Å². The van der Waals surface area contributed by atoms with Crippen LogP contribution in [-0.2, 0) is 4.74 Å². The highest BCUT2D eigenvalue weighted by Crippen LogP contribution is 2.22. The van der Waals surface area contributed by atoms with Gasteiger partial charge < -0.3 is 20.1 Å². The van der Waals surface area contributed by atoms with Crippen molar-refractivity contribution in [2.75, 3.05) is 44.4 Å². The zero-order valence-electron chi connectivity index (χ0n) is 13.9. The smallest absolute Gasteiger partial charge is 0.161 e. The fourth-order valence-electron chi connectivity index (χ4n) is 2.47. The second kappa shape index (κ2) is 8.55. The maximum absolute atomic E-state index is 12.5. The number of morpholine rings is 1. The van der Waals surface area contributed by atoms with E-state index in [1.807, 2.05) is 30.3 Å². The molecule has 6 nitrogen and oxygen atoms in total. The van der Waals surface area contributed by atoms with Crippen LogP contribution in [0.4, 0.5) is 10.2 Å². The van der Waals surface area contributed by atoms with Crippen LogP contribution < -0.4 is 15.4 Å². The van der Waals surface area contributed by atoms with Crippen molar-refractivity contribution in [1.29, 1.82) is 0 Å². The van der Waals surface area contributed by atoms with Crippen LogP contribution in [0.1, 0.15) is 0 Å². The van der Waals surface area contributed by atoms with Crippen LogP contribution in [-0.4, -0.2) is 49.4 Å². The van der Waals surface area contributed by atoms with Crippen molar-refractivity contribution in [3.63, 3.8) is 0 Å². The molecular weight excluding hydrogens is 323 g/mol. The normalized spacial score (nSPS) is 15.3. The third kappa shape index (κ3) is 4.52. The molecule has 0 spiro atoms. The maximum Gasteiger partial charge on any atom is 0.161 e. The molecule has 0 aliphatic carbocycles. The molecule has 1 fully saturated rings. The van der Waals surface area contributed by atoms with Crippen molar-refractivity contribution < 1.29 is 13.9 Å². The zero-order valence-corrected chi connectivity index (χ0v) is 13.9. The van der Waals surface area contributed by atoms with Crippen LogP contribution in [0.5, 0.6) is 5.75 Å². The van der Waals surface area contributed by atoms with Gasteiger partial charge in [0, 0.05) is 37.0 Å². The number of anilines is 1. The van der Waals surface area contributed by atoms with E-state index in [1.54, 1.807) is 6.20 Å². The molecule has 0 atom stereocenters. The predicted octanol–water partition coefficient (Wildman–Crippen LogP) is 2.17. The largest absolute Gasteiger partial charge is 0.489 e. The van der Waals surface area contributed by atoms with Gasteiger partial charge in [0.1, 0.15) is 18.2 Å². The van der Waals surface area contributed by atoms with Crippen molar-refractivity contribution in [3.8, 4) is 17.1 Å². The van der Waals surface area contributed by atoms with Crippen LogP contribution in [0, 0.1) is 0 Å². The second-order valence-electron chi connectivity index (χ2n) is 5.62. The topological polar surface area (TPSA) is 73.5 Å². The molecule has 1 aliphatic rings. The minimum Gasteiger partial charge on any atom is -0.489 e. The molecule has 0 bridgehead atoms. The first-order valence-electron chi connectivity index (χ1n) is 8.17. The van der Waals surface area contributed by atoms with Crippen molar-refractivity contribution >= 4 is 5.82 Å². The molecule has 1 aromatic heterocycles. The van der Waals surface area contributed by atoms with E-state index in [9.17, 15) is 4.39 Å². The van der Waals surface area contributed by atoms with Gasteiger partial charge in [-0.1, -0.05) is 0 Å². The zero-order chi connectivity index (χ0) is 17.5. The van der Waals surface area contributed by atoms with Gasteiger partial charge in [-0.3, -0.25) is 0 Å². The predicted molar refractivity (Wildman–Crippen MR) is 94.2 cm³/mol. The molecule has 2 aromatic rings. The Hall–Kier alpha value is -2.51. The summed E-state index contributed by atoms with van der Waals surface area (Å²) in [4.78, 5) is 11.2. The number of ether oxygens (including phenoxy) is 2. The monoisotopic (exact) mass is 344 g/mol. The summed E-state index contributed by atoms with van der Waals surface area (Å²) in [6.07, 6.45) is 2.25.